The minimum atomic E-state index is 0.110. The number of hydrogen-bond donors (Lipinski definition) is 2. The molecule has 5 nitrogen and oxygen atoms in total. The fourth-order valence-electron chi connectivity index (χ4n) is 1.68. The summed E-state index contributed by atoms with van der Waals surface area (Å²) in [6, 6.07) is 0. The van der Waals surface area contributed by atoms with Gasteiger partial charge >= 0.3 is 0 Å². The van der Waals surface area contributed by atoms with E-state index in [2.05, 4.69) is 15.4 Å². The lowest BCUT2D eigenvalue weighted by Crippen LogP contribution is -2.36. The number of nitrogens with zero attached hydrogens (tertiary/aromatic N) is 2. The molecule has 86 valence electrons. The van der Waals surface area contributed by atoms with Crippen molar-refractivity contribution >= 4 is 11.6 Å². The van der Waals surface area contributed by atoms with E-state index in [4.69, 9.17) is 5.21 Å². The number of oxime groups is 1. The first-order valence-corrected chi connectivity index (χ1v) is 5.45. The molecular formula is C10H19N3O2. The predicted octanol–water partition coefficient (Wildman–Crippen LogP) is 0.439. The third kappa shape index (κ3) is 4.29. The molecule has 0 spiro atoms. The van der Waals surface area contributed by atoms with Gasteiger partial charge in [-0.2, -0.15) is 0 Å². The minimum absolute atomic E-state index is 0.110. The molecule has 0 aromatic rings. The lowest BCUT2D eigenvalue weighted by Gasteiger charge is -2.26. The molecule has 1 saturated heterocycles. The van der Waals surface area contributed by atoms with Gasteiger partial charge in [-0.3, -0.25) is 4.79 Å². The van der Waals surface area contributed by atoms with Gasteiger partial charge in [0, 0.05) is 45.4 Å². The fourth-order valence-corrected chi connectivity index (χ4v) is 1.68. The highest BCUT2D eigenvalue weighted by Crippen LogP contribution is 2.07. The third-order valence-electron chi connectivity index (χ3n) is 2.60. The number of rotatable bonds is 4. The van der Waals surface area contributed by atoms with Crippen molar-refractivity contribution in [3.63, 3.8) is 0 Å². The van der Waals surface area contributed by atoms with E-state index in [9.17, 15) is 4.79 Å². The van der Waals surface area contributed by atoms with Crippen LogP contribution in [0, 0.1) is 0 Å². The third-order valence-corrected chi connectivity index (χ3v) is 2.60. The number of hydrogen-bond acceptors (Lipinski definition) is 4. The van der Waals surface area contributed by atoms with Gasteiger partial charge < -0.3 is 15.4 Å². The van der Waals surface area contributed by atoms with E-state index in [1.807, 2.05) is 6.92 Å². The van der Waals surface area contributed by atoms with E-state index < -0.39 is 0 Å². The number of piperidine rings is 1. The maximum atomic E-state index is 11.2. The molecule has 1 heterocycles. The molecule has 0 atom stereocenters. The first-order valence-electron chi connectivity index (χ1n) is 5.45. The Labute approximate surface area is 90.1 Å². The van der Waals surface area contributed by atoms with E-state index in [0.717, 1.165) is 38.2 Å². The Balaban J connectivity index is 2.16. The Morgan fingerprint density at radius 2 is 2.20 bits per heavy atom. The van der Waals surface area contributed by atoms with Crippen LogP contribution in [0.15, 0.2) is 5.16 Å². The molecule has 5 heteroatoms. The molecule has 0 bridgehead atoms. The largest absolute Gasteiger partial charge is 0.411 e. The molecule has 0 unspecified atom stereocenters. The second-order valence-corrected chi connectivity index (χ2v) is 3.71. The van der Waals surface area contributed by atoms with Crippen LogP contribution in [-0.4, -0.2) is 47.9 Å². The van der Waals surface area contributed by atoms with Gasteiger partial charge in [0.05, 0.1) is 5.71 Å². The van der Waals surface area contributed by atoms with Gasteiger partial charge in [0.1, 0.15) is 0 Å². The lowest BCUT2D eigenvalue weighted by atomic mass is 10.1. The maximum absolute atomic E-state index is 11.2. The SMILES string of the molecule is CCNC(=O)CCN1CCC(=NO)CC1. The van der Waals surface area contributed by atoms with Crippen molar-refractivity contribution in [3.8, 4) is 0 Å². The number of carbonyl (C=O) groups excluding carboxylic acids is 1. The molecule has 2 N–H and O–H groups in total. The minimum Gasteiger partial charge on any atom is -0.411 e. The Morgan fingerprint density at radius 1 is 1.53 bits per heavy atom. The summed E-state index contributed by atoms with van der Waals surface area (Å²) < 4.78 is 0. The number of likely N-dealkylation sites (tertiary alicyclic amines) is 1. The highest BCUT2D eigenvalue weighted by atomic mass is 16.4. The first-order chi connectivity index (χ1) is 7.26. The van der Waals surface area contributed by atoms with Crippen LogP contribution in [0.25, 0.3) is 0 Å². The normalized spacial score (nSPS) is 17.5. The van der Waals surface area contributed by atoms with Gasteiger partial charge in [-0.05, 0) is 6.92 Å². The molecule has 1 aliphatic rings. The number of carbonyl (C=O) groups is 1. The lowest BCUT2D eigenvalue weighted by molar-refractivity contribution is -0.121. The smallest absolute Gasteiger partial charge is 0.221 e. The van der Waals surface area contributed by atoms with Crippen LogP contribution in [-0.2, 0) is 4.79 Å². The number of amides is 1. The van der Waals surface area contributed by atoms with Crippen molar-refractivity contribution in [3.05, 3.63) is 0 Å². The molecule has 0 saturated carbocycles. The highest BCUT2D eigenvalue weighted by molar-refractivity contribution is 5.84. The summed E-state index contributed by atoms with van der Waals surface area (Å²) in [6.45, 7) is 5.19. The van der Waals surface area contributed by atoms with Crippen molar-refractivity contribution < 1.29 is 10.0 Å². The summed E-state index contributed by atoms with van der Waals surface area (Å²) >= 11 is 0. The van der Waals surface area contributed by atoms with Crippen molar-refractivity contribution in [2.24, 2.45) is 5.16 Å². The van der Waals surface area contributed by atoms with Crippen LogP contribution in [0.3, 0.4) is 0 Å². The number of nitrogens with one attached hydrogen (secondary N) is 1. The summed E-state index contributed by atoms with van der Waals surface area (Å²) in [5.41, 5.74) is 0.865. The van der Waals surface area contributed by atoms with E-state index in [1.165, 1.54) is 0 Å². The standard InChI is InChI=1S/C10H19N3O2/c1-2-11-10(14)5-8-13-6-3-9(12-15)4-7-13/h15H,2-8H2,1H3,(H,11,14). The van der Waals surface area contributed by atoms with Crippen molar-refractivity contribution in [1.29, 1.82) is 0 Å². The summed E-state index contributed by atoms with van der Waals surface area (Å²) in [5.74, 6) is 0.110. The molecule has 0 radical (unpaired) electrons. The van der Waals surface area contributed by atoms with Gasteiger partial charge in [0.15, 0.2) is 0 Å². The molecule has 0 aliphatic carbocycles. The molecule has 1 amide bonds. The van der Waals surface area contributed by atoms with Crippen LogP contribution < -0.4 is 5.32 Å². The second-order valence-electron chi connectivity index (χ2n) is 3.71. The van der Waals surface area contributed by atoms with Crippen LogP contribution >= 0.6 is 0 Å². The second kappa shape index (κ2) is 6.40. The molecule has 1 fully saturated rings. The van der Waals surface area contributed by atoms with Gasteiger partial charge in [-0.1, -0.05) is 5.16 Å². The Bertz CT molecular complexity index is 231. The summed E-state index contributed by atoms with van der Waals surface area (Å²) in [6.07, 6.45) is 2.18. The van der Waals surface area contributed by atoms with Gasteiger partial charge in [0.2, 0.25) is 5.91 Å². The van der Waals surface area contributed by atoms with Crippen molar-refractivity contribution in [2.45, 2.75) is 26.2 Å². The van der Waals surface area contributed by atoms with Gasteiger partial charge in [-0.25, -0.2) is 0 Å². The molecular weight excluding hydrogens is 194 g/mol. The van der Waals surface area contributed by atoms with E-state index >= 15 is 0 Å². The molecule has 0 aromatic carbocycles. The Hall–Kier alpha value is -1.10. The summed E-state index contributed by atoms with van der Waals surface area (Å²) in [4.78, 5) is 13.4. The zero-order valence-corrected chi connectivity index (χ0v) is 9.20. The first kappa shape index (κ1) is 12.0. The average molecular weight is 213 g/mol. The highest BCUT2D eigenvalue weighted by Gasteiger charge is 2.15. The van der Waals surface area contributed by atoms with Crippen LogP contribution in [0.2, 0.25) is 0 Å². The molecule has 1 rings (SSSR count). The summed E-state index contributed by atoms with van der Waals surface area (Å²) in [7, 11) is 0. The zero-order chi connectivity index (χ0) is 11.1. The molecule has 0 aromatic heterocycles. The zero-order valence-electron chi connectivity index (χ0n) is 9.20. The molecule has 1 aliphatic heterocycles. The van der Waals surface area contributed by atoms with Crippen LogP contribution in [0.4, 0.5) is 0 Å². The average Bonchev–Trinajstić information content (AvgIpc) is 2.27. The predicted molar refractivity (Wildman–Crippen MR) is 58.2 cm³/mol. The van der Waals surface area contributed by atoms with E-state index in [0.29, 0.717) is 13.0 Å². The van der Waals surface area contributed by atoms with Crippen LogP contribution in [0.1, 0.15) is 26.2 Å². The maximum Gasteiger partial charge on any atom is 0.221 e. The molecule has 15 heavy (non-hydrogen) atoms. The van der Waals surface area contributed by atoms with Crippen molar-refractivity contribution in [2.75, 3.05) is 26.2 Å². The summed E-state index contributed by atoms with van der Waals surface area (Å²) in [5, 5.41) is 14.6. The van der Waals surface area contributed by atoms with Gasteiger partial charge in [-0.15, -0.1) is 0 Å². The van der Waals surface area contributed by atoms with Gasteiger partial charge in [0.25, 0.3) is 0 Å². The van der Waals surface area contributed by atoms with Crippen molar-refractivity contribution in [1.82, 2.24) is 10.2 Å². The topological polar surface area (TPSA) is 64.9 Å². The van der Waals surface area contributed by atoms with Crippen LogP contribution in [0.5, 0.6) is 0 Å². The Morgan fingerprint density at radius 3 is 2.73 bits per heavy atom. The van der Waals surface area contributed by atoms with E-state index in [1.54, 1.807) is 0 Å². The van der Waals surface area contributed by atoms with E-state index in [-0.39, 0.29) is 5.91 Å². The quantitative estimate of drug-likeness (QED) is 0.526. The monoisotopic (exact) mass is 213 g/mol. The Kier molecular flexibility index (Phi) is 5.10. The fraction of sp³-hybridized carbons (Fsp3) is 0.800.